The number of hydrogen-bond donors (Lipinski definition) is 4. The molecule has 5 aromatic carbocycles. The van der Waals surface area contributed by atoms with E-state index in [1.54, 1.807) is 12.1 Å². The van der Waals surface area contributed by atoms with Gasteiger partial charge in [0.15, 0.2) is 6.29 Å². The quantitative estimate of drug-likeness (QED) is 0.0661. The number of thioether (sulfide) groups is 1. The maximum atomic E-state index is 12.9. The first-order valence-corrected chi connectivity index (χ1v) is 19.0. The number of esters is 1. The van der Waals surface area contributed by atoms with Gasteiger partial charge in [0.05, 0.1) is 31.5 Å². The summed E-state index contributed by atoms with van der Waals surface area (Å²) in [4.78, 5) is 37.9. The molecule has 5 aromatic rings. The van der Waals surface area contributed by atoms with E-state index in [-0.39, 0.29) is 36.8 Å². The van der Waals surface area contributed by atoms with Gasteiger partial charge in [-0.1, -0.05) is 110 Å². The summed E-state index contributed by atoms with van der Waals surface area (Å²) in [6.07, 6.45) is -1.03. The zero-order valence-electron chi connectivity index (χ0n) is 30.6. The van der Waals surface area contributed by atoms with Gasteiger partial charge in [0, 0.05) is 35.1 Å². The molecule has 1 fully saturated rings. The van der Waals surface area contributed by atoms with Crippen molar-refractivity contribution < 1.29 is 38.8 Å². The number of rotatable bonds is 14. The van der Waals surface area contributed by atoms with Gasteiger partial charge in [0.2, 0.25) is 0 Å². The summed E-state index contributed by atoms with van der Waals surface area (Å²) >= 11 is 1.45. The van der Waals surface area contributed by atoms with Gasteiger partial charge in [-0.3, -0.25) is 0 Å². The first-order chi connectivity index (χ1) is 26.7. The second-order valence-electron chi connectivity index (χ2n) is 13.4. The summed E-state index contributed by atoms with van der Waals surface area (Å²) in [6.45, 7) is 2.24. The van der Waals surface area contributed by atoms with Crippen LogP contribution in [-0.2, 0) is 38.6 Å². The highest BCUT2D eigenvalue weighted by Gasteiger charge is 2.38. The van der Waals surface area contributed by atoms with E-state index >= 15 is 0 Å². The number of methoxy groups -OCH3 is 1. The van der Waals surface area contributed by atoms with Gasteiger partial charge in [0.1, 0.15) is 6.04 Å². The molecule has 0 bridgehead atoms. The Balaban J connectivity index is 1.17. The van der Waals surface area contributed by atoms with Gasteiger partial charge < -0.3 is 35.1 Å². The summed E-state index contributed by atoms with van der Waals surface area (Å²) in [6, 6.07) is 38.5. The number of amides is 2. The zero-order valence-corrected chi connectivity index (χ0v) is 31.4. The summed E-state index contributed by atoms with van der Waals surface area (Å²) < 4.78 is 18.3. The normalized spacial score (nSPS) is 18.5. The zero-order chi connectivity index (χ0) is 38.7. The molecule has 1 saturated heterocycles. The van der Waals surface area contributed by atoms with Crippen LogP contribution in [0.15, 0.2) is 132 Å². The number of carbonyl (C=O) groups is 3. The van der Waals surface area contributed by atoms with Gasteiger partial charge in [0.25, 0.3) is 0 Å². The fourth-order valence-corrected chi connectivity index (χ4v) is 7.77. The molecule has 1 aliphatic heterocycles. The first kappa shape index (κ1) is 39.2. The summed E-state index contributed by atoms with van der Waals surface area (Å²) in [7, 11) is 1.30. The van der Waals surface area contributed by atoms with Gasteiger partial charge in [-0.15, -0.1) is 11.8 Å². The van der Waals surface area contributed by atoms with Crippen LogP contribution in [0.4, 0.5) is 4.79 Å². The first-order valence-electron chi connectivity index (χ1n) is 18.0. The van der Waals surface area contributed by atoms with Crippen molar-refractivity contribution in [1.29, 1.82) is 0 Å². The van der Waals surface area contributed by atoms with E-state index in [2.05, 4.69) is 17.6 Å². The average Bonchev–Trinajstić information content (AvgIpc) is 3.22. The van der Waals surface area contributed by atoms with Crippen LogP contribution in [0.1, 0.15) is 57.5 Å². The minimum Gasteiger partial charge on any atom is -0.478 e. The van der Waals surface area contributed by atoms with E-state index in [0.29, 0.717) is 17.1 Å². The summed E-state index contributed by atoms with van der Waals surface area (Å²) in [5, 5.41) is 25.0. The second kappa shape index (κ2) is 18.7. The number of aliphatic hydroxyl groups excluding tert-OH is 1. The van der Waals surface area contributed by atoms with E-state index in [9.17, 15) is 24.6 Å². The van der Waals surface area contributed by atoms with Crippen molar-refractivity contribution in [2.24, 2.45) is 5.92 Å². The van der Waals surface area contributed by atoms with Crippen molar-refractivity contribution in [3.8, 4) is 11.1 Å². The predicted octanol–water partition coefficient (Wildman–Crippen LogP) is 7.71. The SMILES string of the molecule is COC(=O)C(Cc1ccccc1)NC(=O)NCc1cccc(-c2cccc(C3OC(CSc4ccccc4C(=O)O)C(C)C(c4ccc(CO)cc4)O3)c2)c1. The number of carboxylic acids is 1. The van der Waals surface area contributed by atoms with Gasteiger partial charge in [-0.25, -0.2) is 14.4 Å². The summed E-state index contributed by atoms with van der Waals surface area (Å²) in [5.74, 6) is -1.08. The standard InChI is InChI=1S/C44H44N2O8S/c1-28-38(27-55-39-17-7-6-16-36(39)41(48)49)53-43(54-40(28)32-20-18-30(26-47)19-21-32)35-15-9-14-34(24-35)33-13-8-12-31(22-33)25-45-44(51)46-37(42(50)52-2)23-29-10-4-3-5-11-29/h3-22,24,28,37-38,40,43,47H,23,25-27H2,1-2H3,(H,48,49)(H2,45,46,51). The van der Waals surface area contributed by atoms with Crippen LogP contribution < -0.4 is 10.6 Å². The van der Waals surface area contributed by atoms with Crippen molar-refractivity contribution in [3.05, 3.63) is 161 Å². The molecule has 0 aliphatic carbocycles. The molecule has 0 aromatic heterocycles. The molecule has 2 amide bonds. The van der Waals surface area contributed by atoms with Crippen molar-refractivity contribution in [3.63, 3.8) is 0 Å². The Hall–Kier alpha value is -5.46. The molecule has 0 saturated carbocycles. The van der Waals surface area contributed by atoms with Gasteiger partial charge in [-0.05, 0) is 57.6 Å². The molecule has 0 radical (unpaired) electrons. The lowest BCUT2D eigenvalue weighted by atomic mass is 9.91. The highest BCUT2D eigenvalue weighted by molar-refractivity contribution is 7.99. The Bertz CT molecular complexity index is 2080. The number of hydrogen-bond acceptors (Lipinski definition) is 8. The Morgan fingerprint density at radius 1 is 0.782 bits per heavy atom. The van der Waals surface area contributed by atoms with E-state index in [0.717, 1.165) is 38.9 Å². The maximum Gasteiger partial charge on any atom is 0.336 e. The Morgan fingerprint density at radius 3 is 2.20 bits per heavy atom. The molecule has 55 heavy (non-hydrogen) atoms. The topological polar surface area (TPSA) is 143 Å². The van der Waals surface area contributed by atoms with Gasteiger partial charge >= 0.3 is 18.0 Å². The average molecular weight is 761 g/mol. The fourth-order valence-electron chi connectivity index (χ4n) is 6.55. The molecule has 4 N–H and O–H groups in total. The Labute approximate surface area is 324 Å². The molecule has 1 heterocycles. The third kappa shape index (κ3) is 10.2. The van der Waals surface area contributed by atoms with Crippen LogP contribution in [-0.4, -0.2) is 53.2 Å². The molecule has 5 atom stereocenters. The monoisotopic (exact) mass is 760 g/mol. The lowest BCUT2D eigenvalue weighted by Crippen LogP contribution is -2.47. The number of urea groups is 1. The third-order valence-electron chi connectivity index (χ3n) is 9.59. The lowest BCUT2D eigenvalue weighted by molar-refractivity contribution is -0.268. The highest BCUT2D eigenvalue weighted by Crippen LogP contribution is 2.43. The third-order valence-corrected chi connectivity index (χ3v) is 10.8. The van der Waals surface area contributed by atoms with Crippen molar-refractivity contribution in [2.45, 2.75) is 55.9 Å². The minimum absolute atomic E-state index is 0.0583. The number of ether oxygens (including phenoxy) is 3. The largest absolute Gasteiger partial charge is 0.478 e. The number of carboxylic acid groups (broad SMARTS) is 1. The molecule has 0 spiro atoms. The van der Waals surface area contributed by atoms with Crippen LogP contribution in [0, 0.1) is 5.92 Å². The molecule has 6 rings (SSSR count). The Kier molecular flexibility index (Phi) is 13.4. The molecule has 11 heteroatoms. The maximum absolute atomic E-state index is 12.9. The van der Waals surface area contributed by atoms with Gasteiger partial charge in [-0.2, -0.15) is 0 Å². The van der Waals surface area contributed by atoms with Crippen molar-refractivity contribution in [2.75, 3.05) is 12.9 Å². The highest BCUT2D eigenvalue weighted by atomic mass is 32.2. The minimum atomic E-state index is -0.977. The smallest absolute Gasteiger partial charge is 0.336 e. The number of aromatic carboxylic acids is 1. The van der Waals surface area contributed by atoms with E-state index in [4.69, 9.17) is 14.2 Å². The number of benzene rings is 5. The number of carbonyl (C=O) groups excluding carboxylic acids is 2. The van der Waals surface area contributed by atoms with Crippen LogP contribution >= 0.6 is 11.8 Å². The van der Waals surface area contributed by atoms with Crippen LogP contribution in [0.2, 0.25) is 0 Å². The van der Waals surface area contributed by atoms with E-state index in [1.165, 1.54) is 18.9 Å². The molecular formula is C44H44N2O8S. The molecule has 284 valence electrons. The predicted molar refractivity (Wildman–Crippen MR) is 210 cm³/mol. The number of aliphatic hydroxyl groups is 1. The molecule has 10 nitrogen and oxygen atoms in total. The molecule has 5 unspecified atom stereocenters. The van der Waals surface area contributed by atoms with Crippen LogP contribution in [0.3, 0.4) is 0 Å². The fraction of sp³-hybridized carbons (Fsp3) is 0.250. The number of nitrogens with one attached hydrogen (secondary N) is 2. The van der Waals surface area contributed by atoms with Crippen molar-refractivity contribution >= 4 is 29.7 Å². The Morgan fingerprint density at radius 2 is 1.47 bits per heavy atom. The van der Waals surface area contributed by atoms with Crippen LogP contribution in [0.25, 0.3) is 11.1 Å². The van der Waals surface area contributed by atoms with Crippen molar-refractivity contribution in [1.82, 2.24) is 10.6 Å². The van der Waals surface area contributed by atoms with Crippen LogP contribution in [0.5, 0.6) is 0 Å². The molecule has 1 aliphatic rings. The summed E-state index contributed by atoms with van der Waals surface area (Å²) in [5.41, 5.74) is 6.43. The van der Waals surface area contributed by atoms with E-state index in [1.807, 2.05) is 115 Å². The van der Waals surface area contributed by atoms with E-state index < -0.39 is 30.3 Å². The molecular weight excluding hydrogens is 717 g/mol. The second-order valence-corrected chi connectivity index (χ2v) is 14.4. The lowest BCUT2D eigenvalue weighted by Gasteiger charge is -2.41.